The van der Waals surface area contributed by atoms with Crippen molar-refractivity contribution >= 4 is 30.0 Å². The molecule has 0 saturated heterocycles. The first-order chi connectivity index (χ1) is 11.6. The molecule has 2 N–H and O–H groups in total. The summed E-state index contributed by atoms with van der Waals surface area (Å²) < 4.78 is 0. The number of carbonyl (C=O) groups is 1. The number of nitrogens with zero attached hydrogens (tertiary/aromatic N) is 1. The molecule has 0 bridgehead atoms. The second-order valence-electron chi connectivity index (χ2n) is 5.66. The summed E-state index contributed by atoms with van der Waals surface area (Å²) in [6.07, 6.45) is 2.29. The fourth-order valence-electron chi connectivity index (χ4n) is 2.72. The Bertz CT molecular complexity index is 817. The van der Waals surface area contributed by atoms with Gasteiger partial charge in [-0.25, -0.2) is 4.98 Å². The molecule has 4 nitrogen and oxygen atoms in total. The Kier molecular flexibility index (Phi) is 6.62. The van der Waals surface area contributed by atoms with Gasteiger partial charge in [-0.1, -0.05) is 54.1 Å². The minimum Gasteiger partial charge on any atom is -0.481 e. The first kappa shape index (κ1) is 19.0. The van der Waals surface area contributed by atoms with Crippen LogP contribution in [0.3, 0.4) is 0 Å². The zero-order valence-electron chi connectivity index (χ0n) is 13.4. The summed E-state index contributed by atoms with van der Waals surface area (Å²) in [7, 11) is 0. The number of nitrogens with one attached hydrogen (secondary N) is 1. The van der Waals surface area contributed by atoms with Crippen molar-refractivity contribution < 1.29 is 9.90 Å². The number of hydrogen-bond acceptors (Lipinski definition) is 2. The maximum Gasteiger partial charge on any atom is 0.309 e. The normalized spacial score (nSPS) is 11.6. The molecule has 0 aliphatic heterocycles. The van der Waals surface area contributed by atoms with Gasteiger partial charge in [0.2, 0.25) is 0 Å². The topological polar surface area (TPSA) is 66.0 Å². The SMILES string of the molecule is Cl.O=C(O)Cc1cnc(C(Cc2ccc(Cl)cc2)c2ccccc2)[nH]1. The third-order valence-corrected chi connectivity index (χ3v) is 4.13. The van der Waals surface area contributed by atoms with Crippen LogP contribution in [-0.4, -0.2) is 21.0 Å². The van der Waals surface area contributed by atoms with Crippen LogP contribution in [0, 0.1) is 0 Å². The fourth-order valence-corrected chi connectivity index (χ4v) is 2.85. The number of hydrogen-bond donors (Lipinski definition) is 2. The molecule has 1 atom stereocenters. The number of benzene rings is 2. The quantitative estimate of drug-likeness (QED) is 0.665. The highest BCUT2D eigenvalue weighted by molar-refractivity contribution is 6.30. The van der Waals surface area contributed by atoms with Gasteiger partial charge in [-0.2, -0.15) is 0 Å². The minimum absolute atomic E-state index is 0. The monoisotopic (exact) mass is 376 g/mol. The van der Waals surface area contributed by atoms with Crippen molar-refractivity contribution in [3.8, 4) is 0 Å². The highest BCUT2D eigenvalue weighted by Gasteiger charge is 2.18. The van der Waals surface area contributed by atoms with E-state index in [9.17, 15) is 4.79 Å². The first-order valence-corrected chi connectivity index (χ1v) is 8.04. The molecule has 0 spiro atoms. The summed E-state index contributed by atoms with van der Waals surface area (Å²) in [5, 5.41) is 9.64. The van der Waals surface area contributed by atoms with Crippen molar-refractivity contribution in [1.29, 1.82) is 0 Å². The maximum atomic E-state index is 10.9. The molecule has 0 aliphatic rings. The van der Waals surface area contributed by atoms with Crippen LogP contribution in [0.1, 0.15) is 28.6 Å². The van der Waals surface area contributed by atoms with Gasteiger partial charge in [0.15, 0.2) is 0 Å². The molecule has 1 aromatic heterocycles. The van der Waals surface area contributed by atoms with Crippen molar-refractivity contribution in [2.45, 2.75) is 18.8 Å². The summed E-state index contributed by atoms with van der Waals surface area (Å²) >= 11 is 5.96. The van der Waals surface area contributed by atoms with E-state index >= 15 is 0 Å². The molecule has 1 heterocycles. The Labute approximate surface area is 157 Å². The average Bonchev–Trinajstić information content (AvgIpc) is 3.02. The molecular formula is C19H18Cl2N2O2. The number of imidazole rings is 1. The van der Waals surface area contributed by atoms with Gasteiger partial charge in [-0.3, -0.25) is 4.79 Å². The fraction of sp³-hybridized carbons (Fsp3) is 0.158. The zero-order valence-corrected chi connectivity index (χ0v) is 14.9. The van der Waals surface area contributed by atoms with Gasteiger partial charge in [0, 0.05) is 22.8 Å². The van der Waals surface area contributed by atoms with E-state index in [2.05, 4.69) is 22.1 Å². The van der Waals surface area contributed by atoms with Crippen molar-refractivity contribution in [3.05, 3.63) is 88.5 Å². The number of aliphatic carboxylic acids is 1. The lowest BCUT2D eigenvalue weighted by atomic mass is 9.91. The molecule has 3 rings (SSSR count). The van der Waals surface area contributed by atoms with Crippen molar-refractivity contribution in [2.75, 3.05) is 0 Å². The lowest BCUT2D eigenvalue weighted by Crippen LogP contribution is -2.08. The molecule has 0 fully saturated rings. The zero-order chi connectivity index (χ0) is 16.9. The third-order valence-electron chi connectivity index (χ3n) is 3.87. The molecule has 0 saturated carbocycles. The van der Waals surface area contributed by atoms with Crippen LogP contribution < -0.4 is 0 Å². The molecule has 6 heteroatoms. The lowest BCUT2D eigenvalue weighted by Gasteiger charge is -2.15. The van der Waals surface area contributed by atoms with E-state index in [1.54, 1.807) is 6.20 Å². The van der Waals surface area contributed by atoms with Crippen LogP contribution in [-0.2, 0) is 17.6 Å². The van der Waals surface area contributed by atoms with Gasteiger partial charge in [-0.05, 0) is 29.7 Å². The number of aromatic nitrogens is 2. The number of rotatable bonds is 6. The summed E-state index contributed by atoms with van der Waals surface area (Å²) in [6, 6.07) is 17.8. The van der Waals surface area contributed by atoms with E-state index in [0.29, 0.717) is 10.7 Å². The Morgan fingerprint density at radius 3 is 2.44 bits per heavy atom. The molecule has 0 radical (unpaired) electrons. The largest absolute Gasteiger partial charge is 0.481 e. The molecular weight excluding hydrogens is 359 g/mol. The van der Waals surface area contributed by atoms with Crippen molar-refractivity contribution in [2.24, 2.45) is 0 Å². The van der Waals surface area contributed by atoms with Gasteiger partial charge >= 0.3 is 5.97 Å². The number of carboxylic acid groups (broad SMARTS) is 1. The Morgan fingerprint density at radius 2 is 1.80 bits per heavy atom. The molecule has 3 aromatic rings. The standard InChI is InChI=1S/C19H17ClN2O2.ClH/c20-15-8-6-13(7-9-15)10-17(14-4-2-1-3-5-14)19-21-12-16(22-19)11-18(23)24;/h1-9,12,17H,10-11H2,(H,21,22)(H,23,24);1H. The van der Waals surface area contributed by atoms with E-state index in [4.69, 9.17) is 16.7 Å². The van der Waals surface area contributed by atoms with E-state index in [1.165, 1.54) is 0 Å². The van der Waals surface area contributed by atoms with Crippen LogP contribution in [0.25, 0.3) is 0 Å². The summed E-state index contributed by atoms with van der Waals surface area (Å²) in [6.45, 7) is 0. The second-order valence-corrected chi connectivity index (χ2v) is 6.09. The lowest BCUT2D eigenvalue weighted by molar-refractivity contribution is -0.136. The summed E-state index contributed by atoms with van der Waals surface area (Å²) in [5.41, 5.74) is 2.88. The molecule has 25 heavy (non-hydrogen) atoms. The Hall–Kier alpha value is -2.30. The average molecular weight is 377 g/mol. The summed E-state index contributed by atoms with van der Waals surface area (Å²) in [4.78, 5) is 18.5. The minimum atomic E-state index is -0.876. The number of H-pyrrole nitrogens is 1. The van der Waals surface area contributed by atoms with E-state index in [1.807, 2.05) is 42.5 Å². The number of aromatic amines is 1. The molecule has 1 unspecified atom stereocenters. The van der Waals surface area contributed by atoms with Crippen LogP contribution in [0.15, 0.2) is 60.8 Å². The van der Waals surface area contributed by atoms with Gasteiger partial charge < -0.3 is 10.1 Å². The smallest absolute Gasteiger partial charge is 0.309 e. The summed E-state index contributed by atoms with van der Waals surface area (Å²) in [5.74, 6) is -0.0820. The predicted molar refractivity (Wildman–Crippen MR) is 101 cm³/mol. The molecule has 0 aliphatic carbocycles. The highest BCUT2D eigenvalue weighted by Crippen LogP contribution is 2.27. The second kappa shape index (κ2) is 8.70. The molecule has 2 aromatic carbocycles. The van der Waals surface area contributed by atoms with Crippen molar-refractivity contribution in [1.82, 2.24) is 9.97 Å². The first-order valence-electron chi connectivity index (χ1n) is 7.67. The van der Waals surface area contributed by atoms with Crippen LogP contribution in [0.4, 0.5) is 0 Å². The van der Waals surface area contributed by atoms with Gasteiger partial charge in [0.25, 0.3) is 0 Å². The maximum absolute atomic E-state index is 10.9. The van der Waals surface area contributed by atoms with Crippen LogP contribution in [0.5, 0.6) is 0 Å². The Morgan fingerprint density at radius 1 is 1.12 bits per heavy atom. The molecule has 0 amide bonds. The highest BCUT2D eigenvalue weighted by atomic mass is 35.5. The molecule has 130 valence electrons. The number of halogens is 2. The van der Waals surface area contributed by atoms with E-state index in [0.717, 1.165) is 23.4 Å². The van der Waals surface area contributed by atoms with Gasteiger partial charge in [-0.15, -0.1) is 12.4 Å². The third kappa shape index (κ3) is 5.08. The van der Waals surface area contributed by atoms with Crippen LogP contribution >= 0.6 is 24.0 Å². The predicted octanol–water partition coefficient (Wildman–Crippen LogP) is 4.49. The van der Waals surface area contributed by atoms with Gasteiger partial charge in [0.05, 0.1) is 6.42 Å². The Balaban J connectivity index is 0.00000225. The van der Waals surface area contributed by atoms with E-state index in [-0.39, 0.29) is 24.7 Å². The van der Waals surface area contributed by atoms with Gasteiger partial charge in [0.1, 0.15) is 5.82 Å². The van der Waals surface area contributed by atoms with Crippen LogP contribution in [0.2, 0.25) is 5.02 Å². The number of carboxylic acids is 1. The van der Waals surface area contributed by atoms with Crippen molar-refractivity contribution in [3.63, 3.8) is 0 Å². The van der Waals surface area contributed by atoms with E-state index < -0.39 is 5.97 Å².